The van der Waals surface area contributed by atoms with E-state index in [1.807, 2.05) is 18.2 Å². The number of cyclic esters (lactones) is 2. The highest BCUT2D eigenvalue weighted by atomic mass is 16.6. The van der Waals surface area contributed by atoms with Crippen LogP contribution in [0.25, 0.3) is 0 Å². The molecule has 0 fully saturated rings. The molecule has 0 aliphatic carbocycles. The Labute approximate surface area is 133 Å². The highest BCUT2D eigenvalue weighted by Crippen LogP contribution is 2.32. The van der Waals surface area contributed by atoms with Gasteiger partial charge in [0.25, 0.3) is 5.69 Å². The monoisotopic (exact) mass is 316 g/mol. The van der Waals surface area contributed by atoms with E-state index in [9.17, 15) is 9.59 Å². The largest absolute Gasteiger partial charge is 0.496 e. The number of hydrogen-bond acceptors (Lipinski definition) is 5. The smallest absolute Gasteiger partial charge is 0.398 e. The van der Waals surface area contributed by atoms with Gasteiger partial charge in [-0.15, -0.1) is 4.68 Å². The molecule has 7 heteroatoms. The van der Waals surface area contributed by atoms with E-state index in [1.165, 1.54) is 4.68 Å². The quantitative estimate of drug-likeness (QED) is 0.525. The second-order valence-electron chi connectivity index (χ2n) is 6.46. The van der Waals surface area contributed by atoms with Crippen molar-refractivity contribution in [3.63, 3.8) is 0 Å². The molecule has 2 aromatic rings. The Morgan fingerprint density at radius 1 is 1.26 bits per heavy atom. The molecule has 3 rings (SSSR count). The molecule has 0 unspecified atom stereocenters. The predicted molar refractivity (Wildman–Crippen MR) is 79.3 cm³/mol. The zero-order chi connectivity index (χ0) is 16.8. The average Bonchev–Trinajstić information content (AvgIpc) is 3.01. The summed E-state index contributed by atoms with van der Waals surface area (Å²) in [6, 6.07) is 5.84. The van der Waals surface area contributed by atoms with Gasteiger partial charge in [-0.1, -0.05) is 32.1 Å². The molecule has 1 aromatic carbocycles. The third-order valence-electron chi connectivity index (χ3n) is 3.76. The summed E-state index contributed by atoms with van der Waals surface area (Å²) in [6.45, 7) is 6.68. The van der Waals surface area contributed by atoms with Gasteiger partial charge in [-0.25, -0.2) is 9.59 Å². The van der Waals surface area contributed by atoms with E-state index < -0.39 is 11.9 Å². The molecule has 1 aliphatic rings. The SMILES string of the molecule is COc1ccc(C[n+]2[nH]nc3c2C(=O)OC3=O)cc1C(C)(C)C. The molecule has 0 bridgehead atoms. The second-order valence-corrected chi connectivity index (χ2v) is 6.46. The van der Waals surface area contributed by atoms with Crippen molar-refractivity contribution in [2.75, 3.05) is 7.11 Å². The number of carbonyl (C=O) groups is 2. The van der Waals surface area contributed by atoms with Crippen LogP contribution in [0, 0.1) is 0 Å². The molecule has 7 nitrogen and oxygen atoms in total. The molecule has 0 saturated heterocycles. The number of benzene rings is 1. The van der Waals surface area contributed by atoms with E-state index in [0.29, 0.717) is 6.54 Å². The van der Waals surface area contributed by atoms with Gasteiger partial charge in [0, 0.05) is 0 Å². The maximum Gasteiger partial charge on any atom is 0.398 e. The molecule has 0 spiro atoms. The molecule has 0 amide bonds. The molecular formula is C16H18N3O4+. The average molecular weight is 316 g/mol. The number of methoxy groups -OCH3 is 1. The zero-order valence-corrected chi connectivity index (χ0v) is 13.5. The van der Waals surface area contributed by atoms with Gasteiger partial charge >= 0.3 is 17.6 Å². The van der Waals surface area contributed by atoms with Crippen LogP contribution in [0.4, 0.5) is 0 Å². The number of ether oxygens (including phenoxy) is 2. The van der Waals surface area contributed by atoms with Crippen LogP contribution in [0.15, 0.2) is 18.2 Å². The molecular weight excluding hydrogens is 298 g/mol. The Kier molecular flexibility index (Phi) is 3.43. The standard InChI is InChI=1S/C16H17N3O4/c1-16(2,3)10-7-9(5-6-11(10)22-4)8-19-13-12(17-18-19)14(20)23-15(13)21/h5-7H,8H2,1-4H3/p+1. The summed E-state index contributed by atoms with van der Waals surface area (Å²) in [6.07, 6.45) is 0. The van der Waals surface area contributed by atoms with Crippen LogP contribution in [0.2, 0.25) is 0 Å². The summed E-state index contributed by atoms with van der Waals surface area (Å²) in [5.74, 6) is -0.580. The first-order chi connectivity index (χ1) is 10.8. The Morgan fingerprint density at radius 2 is 2.00 bits per heavy atom. The van der Waals surface area contributed by atoms with Gasteiger partial charge in [-0.05, 0) is 28.7 Å². The Balaban J connectivity index is 1.98. The molecule has 2 heterocycles. The molecule has 0 saturated carbocycles. The maximum absolute atomic E-state index is 11.7. The fourth-order valence-electron chi connectivity index (χ4n) is 2.61. The first kappa shape index (κ1) is 15.2. The number of esters is 2. The minimum atomic E-state index is -0.717. The number of rotatable bonds is 3. The minimum Gasteiger partial charge on any atom is -0.496 e. The van der Waals surface area contributed by atoms with Gasteiger partial charge in [0.1, 0.15) is 12.3 Å². The van der Waals surface area contributed by atoms with Crippen molar-refractivity contribution < 1.29 is 23.7 Å². The van der Waals surface area contributed by atoms with Crippen LogP contribution in [0.5, 0.6) is 5.75 Å². The van der Waals surface area contributed by atoms with Gasteiger partial charge in [-0.2, -0.15) is 0 Å². The number of nitrogens with one attached hydrogen (secondary N) is 1. The third kappa shape index (κ3) is 2.58. The molecule has 1 N–H and O–H groups in total. The fraction of sp³-hybridized carbons (Fsp3) is 0.375. The van der Waals surface area contributed by atoms with Crippen molar-refractivity contribution in [1.29, 1.82) is 0 Å². The lowest BCUT2D eigenvalue weighted by Crippen LogP contribution is -2.41. The molecule has 1 aliphatic heterocycles. The van der Waals surface area contributed by atoms with Crippen molar-refractivity contribution in [3.8, 4) is 5.75 Å². The number of nitrogens with zero attached hydrogens (tertiary/aromatic N) is 2. The van der Waals surface area contributed by atoms with Crippen LogP contribution >= 0.6 is 0 Å². The molecule has 23 heavy (non-hydrogen) atoms. The van der Waals surface area contributed by atoms with E-state index in [1.54, 1.807) is 7.11 Å². The van der Waals surface area contributed by atoms with Crippen molar-refractivity contribution in [2.24, 2.45) is 0 Å². The number of aromatic amines is 1. The molecule has 120 valence electrons. The van der Waals surface area contributed by atoms with E-state index in [-0.39, 0.29) is 16.8 Å². The Hall–Kier alpha value is -2.70. The normalized spacial score (nSPS) is 13.9. The van der Waals surface area contributed by atoms with E-state index in [4.69, 9.17) is 4.74 Å². The van der Waals surface area contributed by atoms with Gasteiger partial charge in [0.15, 0.2) is 0 Å². The number of fused-ring (bicyclic) bond motifs is 1. The number of hydrogen-bond donors (Lipinski definition) is 1. The Bertz CT molecular complexity index is 802. The number of H-pyrrole nitrogens is 1. The lowest BCUT2D eigenvalue weighted by Gasteiger charge is -2.22. The van der Waals surface area contributed by atoms with Crippen molar-refractivity contribution in [2.45, 2.75) is 32.7 Å². The van der Waals surface area contributed by atoms with Crippen LogP contribution in [-0.4, -0.2) is 29.4 Å². The van der Waals surface area contributed by atoms with Crippen molar-refractivity contribution >= 4 is 11.9 Å². The molecule has 1 aromatic heterocycles. The second kappa shape index (κ2) is 5.19. The van der Waals surface area contributed by atoms with Crippen LogP contribution < -0.4 is 9.42 Å². The summed E-state index contributed by atoms with van der Waals surface area (Å²) in [4.78, 5) is 23.2. The fourth-order valence-corrected chi connectivity index (χ4v) is 2.61. The van der Waals surface area contributed by atoms with Crippen LogP contribution in [0.3, 0.4) is 0 Å². The summed E-state index contributed by atoms with van der Waals surface area (Å²) < 4.78 is 11.5. The first-order valence-electron chi connectivity index (χ1n) is 7.23. The molecule has 0 atom stereocenters. The summed E-state index contributed by atoms with van der Waals surface area (Å²) in [5.41, 5.74) is 2.12. The highest BCUT2D eigenvalue weighted by molar-refractivity contribution is 6.11. The van der Waals surface area contributed by atoms with Crippen molar-refractivity contribution in [3.05, 3.63) is 40.7 Å². The van der Waals surface area contributed by atoms with E-state index in [0.717, 1.165) is 16.9 Å². The third-order valence-corrected chi connectivity index (χ3v) is 3.76. The van der Waals surface area contributed by atoms with Gasteiger partial charge in [0.05, 0.1) is 12.2 Å². The van der Waals surface area contributed by atoms with Gasteiger partial charge < -0.3 is 9.47 Å². The van der Waals surface area contributed by atoms with Gasteiger partial charge in [0.2, 0.25) is 0 Å². The first-order valence-corrected chi connectivity index (χ1v) is 7.23. The predicted octanol–water partition coefficient (Wildman–Crippen LogP) is 1.36. The molecule has 0 radical (unpaired) electrons. The van der Waals surface area contributed by atoms with Gasteiger partial charge in [-0.3, -0.25) is 0 Å². The highest BCUT2D eigenvalue weighted by Gasteiger charge is 2.43. The topological polar surface area (TPSA) is 85.2 Å². The van der Waals surface area contributed by atoms with Crippen molar-refractivity contribution in [1.82, 2.24) is 10.3 Å². The van der Waals surface area contributed by atoms with E-state index >= 15 is 0 Å². The Morgan fingerprint density at radius 3 is 2.65 bits per heavy atom. The zero-order valence-electron chi connectivity index (χ0n) is 13.5. The van der Waals surface area contributed by atoms with E-state index in [2.05, 4.69) is 35.8 Å². The summed E-state index contributed by atoms with van der Waals surface area (Å²) in [7, 11) is 1.64. The van der Waals surface area contributed by atoms with Crippen LogP contribution in [0.1, 0.15) is 52.9 Å². The number of carbonyl (C=O) groups excluding carboxylic acids is 2. The maximum atomic E-state index is 11.7. The lowest BCUT2D eigenvalue weighted by atomic mass is 9.85. The number of aromatic nitrogens is 3. The lowest BCUT2D eigenvalue weighted by molar-refractivity contribution is -0.747. The summed E-state index contributed by atoms with van der Waals surface area (Å²) in [5, 5.41) is 6.53. The summed E-state index contributed by atoms with van der Waals surface area (Å²) >= 11 is 0. The minimum absolute atomic E-state index is 0.0274. The van der Waals surface area contributed by atoms with Crippen LogP contribution in [-0.2, 0) is 16.7 Å².